The minimum atomic E-state index is -0.0144. The first kappa shape index (κ1) is 17.2. The maximum absolute atomic E-state index is 9.94. The summed E-state index contributed by atoms with van der Waals surface area (Å²) in [6.45, 7) is 11.1. The van der Waals surface area contributed by atoms with Gasteiger partial charge in [-0.2, -0.15) is 0 Å². The van der Waals surface area contributed by atoms with Crippen molar-refractivity contribution in [2.75, 3.05) is 32.8 Å². The summed E-state index contributed by atoms with van der Waals surface area (Å²) in [5, 5.41) is 13.6. The highest BCUT2D eigenvalue weighted by molar-refractivity contribution is 4.99. The van der Waals surface area contributed by atoms with Gasteiger partial charge < -0.3 is 15.2 Å². The van der Waals surface area contributed by atoms with Gasteiger partial charge in [-0.1, -0.05) is 13.3 Å². The molecule has 21 heavy (non-hydrogen) atoms. The van der Waals surface area contributed by atoms with Crippen LogP contribution in [0.5, 0.6) is 0 Å². The smallest absolute Gasteiger partial charge is 0.0678 e. The van der Waals surface area contributed by atoms with Crippen LogP contribution in [-0.4, -0.2) is 60.5 Å². The third kappa shape index (κ3) is 4.41. The second-order valence-corrected chi connectivity index (χ2v) is 7.14. The number of rotatable bonds is 7. The average molecular weight is 298 g/mol. The van der Waals surface area contributed by atoms with Crippen LogP contribution >= 0.6 is 0 Å². The van der Waals surface area contributed by atoms with Crippen molar-refractivity contribution < 1.29 is 9.84 Å². The lowest BCUT2D eigenvalue weighted by Gasteiger charge is -2.39. The molecule has 0 bridgehead atoms. The first-order chi connectivity index (χ1) is 10.1. The van der Waals surface area contributed by atoms with Crippen LogP contribution < -0.4 is 5.32 Å². The predicted molar refractivity (Wildman–Crippen MR) is 86.5 cm³/mol. The molecule has 4 atom stereocenters. The molecule has 0 radical (unpaired) electrons. The van der Waals surface area contributed by atoms with Crippen LogP contribution in [0.1, 0.15) is 52.9 Å². The summed E-state index contributed by atoms with van der Waals surface area (Å²) in [5.41, 5.74) is -0.0144. The number of aliphatic hydroxyl groups excluding tert-OH is 1. The van der Waals surface area contributed by atoms with Crippen molar-refractivity contribution in [3.8, 4) is 0 Å². The Morgan fingerprint density at radius 1 is 1.29 bits per heavy atom. The van der Waals surface area contributed by atoms with E-state index >= 15 is 0 Å². The topological polar surface area (TPSA) is 44.7 Å². The zero-order valence-corrected chi connectivity index (χ0v) is 14.1. The fourth-order valence-electron chi connectivity index (χ4n) is 4.24. The van der Waals surface area contributed by atoms with Crippen molar-refractivity contribution >= 4 is 0 Å². The van der Waals surface area contributed by atoms with Gasteiger partial charge in [0.2, 0.25) is 0 Å². The molecule has 4 heteroatoms. The van der Waals surface area contributed by atoms with E-state index in [0.717, 1.165) is 39.0 Å². The minimum Gasteiger partial charge on any atom is -0.394 e. The summed E-state index contributed by atoms with van der Waals surface area (Å²) in [4.78, 5) is 2.54. The maximum atomic E-state index is 9.94. The Balaban J connectivity index is 1.85. The van der Waals surface area contributed by atoms with E-state index in [2.05, 4.69) is 31.0 Å². The van der Waals surface area contributed by atoms with Crippen LogP contribution in [0.3, 0.4) is 0 Å². The second kappa shape index (κ2) is 7.91. The molecule has 124 valence electrons. The Hall–Kier alpha value is -0.160. The van der Waals surface area contributed by atoms with E-state index in [1.165, 1.54) is 19.3 Å². The van der Waals surface area contributed by atoms with Crippen LogP contribution in [0.25, 0.3) is 0 Å². The molecule has 4 nitrogen and oxygen atoms in total. The lowest BCUT2D eigenvalue weighted by atomic mass is 9.85. The summed E-state index contributed by atoms with van der Waals surface area (Å²) >= 11 is 0. The molecule has 0 spiro atoms. The monoisotopic (exact) mass is 298 g/mol. The molecule has 0 aromatic rings. The SMILES string of the molecule is CCCNC1(CO)CCCC1CCN1CC(C)OC(C)C1. The quantitative estimate of drug-likeness (QED) is 0.755. The summed E-state index contributed by atoms with van der Waals surface area (Å²) in [6, 6.07) is 0. The Morgan fingerprint density at radius 2 is 2.00 bits per heavy atom. The van der Waals surface area contributed by atoms with Crippen LogP contribution in [0, 0.1) is 5.92 Å². The second-order valence-electron chi connectivity index (χ2n) is 7.14. The van der Waals surface area contributed by atoms with Gasteiger partial charge in [0.15, 0.2) is 0 Å². The van der Waals surface area contributed by atoms with Crippen LogP contribution in [-0.2, 0) is 4.74 Å². The van der Waals surface area contributed by atoms with Crippen molar-refractivity contribution in [1.82, 2.24) is 10.2 Å². The molecule has 1 saturated heterocycles. The van der Waals surface area contributed by atoms with Gasteiger partial charge in [-0.3, -0.25) is 4.90 Å². The molecule has 0 aromatic heterocycles. The number of nitrogens with zero attached hydrogens (tertiary/aromatic N) is 1. The standard InChI is InChI=1S/C17H34N2O2/c1-4-9-18-17(13-20)8-5-6-16(17)7-10-19-11-14(2)21-15(3)12-19/h14-16,18,20H,4-13H2,1-3H3. The first-order valence-corrected chi connectivity index (χ1v) is 8.83. The van der Waals surface area contributed by atoms with Gasteiger partial charge in [0.05, 0.1) is 18.8 Å². The highest BCUT2D eigenvalue weighted by Gasteiger charge is 2.41. The zero-order valence-electron chi connectivity index (χ0n) is 14.1. The van der Waals surface area contributed by atoms with Crippen LogP contribution in [0.2, 0.25) is 0 Å². The molecule has 1 aliphatic heterocycles. The molecule has 1 aliphatic carbocycles. The molecule has 2 N–H and O–H groups in total. The van der Waals surface area contributed by atoms with E-state index < -0.39 is 0 Å². The van der Waals surface area contributed by atoms with E-state index in [4.69, 9.17) is 4.74 Å². The fraction of sp³-hybridized carbons (Fsp3) is 1.00. The lowest BCUT2D eigenvalue weighted by Crippen LogP contribution is -2.53. The maximum Gasteiger partial charge on any atom is 0.0678 e. The van der Waals surface area contributed by atoms with Crippen molar-refractivity contribution in [3.63, 3.8) is 0 Å². The molecule has 0 amide bonds. The summed E-state index contributed by atoms with van der Waals surface area (Å²) in [6.07, 6.45) is 6.65. The van der Waals surface area contributed by atoms with Crippen molar-refractivity contribution in [3.05, 3.63) is 0 Å². The van der Waals surface area contributed by atoms with Gasteiger partial charge >= 0.3 is 0 Å². The van der Waals surface area contributed by atoms with E-state index in [1.807, 2.05) is 0 Å². The summed E-state index contributed by atoms with van der Waals surface area (Å²) < 4.78 is 5.81. The van der Waals surface area contributed by atoms with Gasteiger partial charge in [0, 0.05) is 18.6 Å². The molecule has 1 heterocycles. The van der Waals surface area contributed by atoms with Crippen molar-refractivity contribution in [2.24, 2.45) is 5.92 Å². The molecular formula is C17H34N2O2. The first-order valence-electron chi connectivity index (χ1n) is 8.83. The molecular weight excluding hydrogens is 264 g/mol. The van der Waals surface area contributed by atoms with Crippen LogP contribution in [0.15, 0.2) is 0 Å². The van der Waals surface area contributed by atoms with E-state index in [1.54, 1.807) is 0 Å². The Bertz CT molecular complexity index is 303. The minimum absolute atomic E-state index is 0.0144. The molecule has 2 rings (SSSR count). The third-order valence-electron chi connectivity index (χ3n) is 5.26. The number of ether oxygens (including phenoxy) is 1. The number of aliphatic hydroxyl groups is 1. The number of hydrogen-bond acceptors (Lipinski definition) is 4. The van der Waals surface area contributed by atoms with Gasteiger partial charge in [-0.05, 0) is 58.5 Å². The summed E-state index contributed by atoms with van der Waals surface area (Å²) in [5.74, 6) is 0.613. The largest absolute Gasteiger partial charge is 0.394 e. The lowest BCUT2D eigenvalue weighted by molar-refractivity contribution is -0.0697. The normalized spacial score (nSPS) is 38.0. The number of nitrogens with one attached hydrogen (secondary N) is 1. The van der Waals surface area contributed by atoms with Gasteiger partial charge in [0.25, 0.3) is 0 Å². The Labute approximate surface area is 130 Å². The van der Waals surface area contributed by atoms with E-state index in [0.29, 0.717) is 18.1 Å². The third-order valence-corrected chi connectivity index (χ3v) is 5.26. The molecule has 0 aromatic carbocycles. The fourth-order valence-corrected chi connectivity index (χ4v) is 4.24. The average Bonchev–Trinajstić information content (AvgIpc) is 2.85. The highest BCUT2D eigenvalue weighted by atomic mass is 16.5. The predicted octanol–water partition coefficient (Wildman–Crippen LogP) is 2.02. The number of hydrogen-bond donors (Lipinski definition) is 2. The highest BCUT2D eigenvalue weighted by Crippen LogP contribution is 2.38. The zero-order chi connectivity index (χ0) is 15.3. The number of morpholine rings is 1. The summed E-state index contributed by atoms with van der Waals surface area (Å²) in [7, 11) is 0. The Morgan fingerprint density at radius 3 is 2.62 bits per heavy atom. The van der Waals surface area contributed by atoms with Gasteiger partial charge in [-0.25, -0.2) is 0 Å². The van der Waals surface area contributed by atoms with E-state index in [9.17, 15) is 5.11 Å². The molecule has 4 unspecified atom stereocenters. The van der Waals surface area contributed by atoms with Gasteiger partial charge in [-0.15, -0.1) is 0 Å². The van der Waals surface area contributed by atoms with E-state index in [-0.39, 0.29) is 12.1 Å². The van der Waals surface area contributed by atoms with Crippen LogP contribution in [0.4, 0.5) is 0 Å². The molecule has 1 saturated carbocycles. The molecule has 2 aliphatic rings. The van der Waals surface area contributed by atoms with Gasteiger partial charge in [0.1, 0.15) is 0 Å². The molecule has 2 fully saturated rings. The van der Waals surface area contributed by atoms with Crippen molar-refractivity contribution in [1.29, 1.82) is 0 Å². The van der Waals surface area contributed by atoms with Crippen molar-refractivity contribution in [2.45, 2.75) is 70.6 Å². The Kier molecular flexibility index (Phi) is 6.48.